The van der Waals surface area contributed by atoms with E-state index in [9.17, 15) is 0 Å². The molecule has 0 aromatic carbocycles. The molecule has 0 aliphatic rings. The van der Waals surface area contributed by atoms with Crippen LogP contribution in [0.25, 0.3) is 0 Å². The fraction of sp³-hybridized carbons (Fsp3) is 0.923. The predicted molar refractivity (Wildman–Crippen MR) is 184 cm³/mol. The van der Waals surface area contributed by atoms with Crippen LogP contribution in [0.1, 0.15) is 238 Å². The molecule has 1 aromatic heterocycles. The molecule has 0 aliphatic carbocycles. The molecule has 1 heterocycles. The number of rotatable bonds is 32. The van der Waals surface area contributed by atoms with Crippen LogP contribution in [0.2, 0.25) is 0 Å². The molecule has 1 aromatic rings. The van der Waals surface area contributed by atoms with Gasteiger partial charge in [-0.15, -0.1) is 0 Å². The summed E-state index contributed by atoms with van der Waals surface area (Å²) in [4.78, 5) is 3.70. The number of aromatic amines is 1. The number of aromatic nitrogens is 2. The second-order valence-corrected chi connectivity index (χ2v) is 13.6. The predicted octanol–water partition coefficient (Wildman–Crippen LogP) is 13.7. The lowest BCUT2D eigenvalue weighted by Crippen LogP contribution is -2.41. The van der Waals surface area contributed by atoms with E-state index < -0.39 is 0 Å². The van der Waals surface area contributed by atoms with Gasteiger partial charge >= 0.3 is 0 Å². The first-order valence-electron chi connectivity index (χ1n) is 19.3. The number of hydrogen-bond acceptors (Lipinski definition) is 0. The molecule has 1 N–H and O–H groups in total. The quantitative estimate of drug-likeness (QED) is 0.0653. The van der Waals surface area contributed by atoms with Crippen molar-refractivity contribution in [3.63, 3.8) is 0 Å². The van der Waals surface area contributed by atoms with Gasteiger partial charge in [0.1, 0.15) is 12.4 Å². The van der Waals surface area contributed by atoms with Crippen LogP contribution in [-0.2, 0) is 0 Å². The number of nitrogens with one attached hydrogen (secondary N) is 1. The summed E-state index contributed by atoms with van der Waals surface area (Å²) in [6, 6.07) is 0.613. The van der Waals surface area contributed by atoms with E-state index in [0.29, 0.717) is 12.0 Å². The third-order valence-electron chi connectivity index (χ3n) is 9.62. The zero-order valence-electron chi connectivity index (χ0n) is 29.0. The molecule has 0 saturated carbocycles. The van der Waals surface area contributed by atoms with Crippen LogP contribution < -0.4 is 4.57 Å². The van der Waals surface area contributed by atoms with Gasteiger partial charge in [0.25, 0.3) is 5.82 Å². The number of imidazole rings is 1. The molecule has 0 spiro atoms. The van der Waals surface area contributed by atoms with Gasteiger partial charge in [-0.1, -0.05) is 194 Å². The summed E-state index contributed by atoms with van der Waals surface area (Å²) in [6.45, 7) is 9.35. The number of unbranched alkanes of at least 4 members (excludes halogenated alkanes) is 24. The Kier molecular flexibility index (Phi) is 27.3. The van der Waals surface area contributed by atoms with Crippen molar-refractivity contribution in [1.82, 2.24) is 4.98 Å². The van der Waals surface area contributed by atoms with Crippen molar-refractivity contribution in [2.45, 2.75) is 232 Å². The maximum atomic E-state index is 3.70. The van der Waals surface area contributed by atoms with Gasteiger partial charge in [-0.3, -0.25) is 0 Å². The average molecular weight is 574 g/mol. The molecule has 0 aliphatic heterocycles. The van der Waals surface area contributed by atoms with Crippen molar-refractivity contribution in [3.05, 3.63) is 18.2 Å². The molecule has 2 atom stereocenters. The first-order chi connectivity index (χ1) is 20.2. The highest BCUT2D eigenvalue weighted by Gasteiger charge is 2.25. The summed E-state index contributed by atoms with van der Waals surface area (Å²) >= 11 is 0. The van der Waals surface area contributed by atoms with Crippen LogP contribution in [0.5, 0.6) is 0 Å². The maximum absolute atomic E-state index is 3.70. The van der Waals surface area contributed by atoms with Crippen molar-refractivity contribution in [1.29, 1.82) is 0 Å². The second kappa shape index (κ2) is 29.3. The Labute approximate surface area is 259 Å². The second-order valence-electron chi connectivity index (χ2n) is 13.6. The Morgan fingerprint density at radius 3 is 1.15 bits per heavy atom. The molecule has 0 radical (unpaired) electrons. The van der Waals surface area contributed by atoms with Gasteiger partial charge in [-0.05, 0) is 26.2 Å². The van der Waals surface area contributed by atoms with Gasteiger partial charge in [0.15, 0.2) is 0 Å². The highest BCUT2D eigenvalue weighted by Crippen LogP contribution is 2.27. The van der Waals surface area contributed by atoms with Crippen molar-refractivity contribution >= 4 is 0 Å². The Morgan fingerprint density at radius 2 is 0.805 bits per heavy atom. The molecule has 2 nitrogen and oxygen atoms in total. The zero-order valence-corrected chi connectivity index (χ0v) is 29.0. The largest absolute Gasteiger partial charge is 0.257 e. The fourth-order valence-electron chi connectivity index (χ4n) is 6.86. The summed E-state index contributed by atoms with van der Waals surface area (Å²) in [5.74, 6) is 2.23. The number of H-pyrrole nitrogens is 1. The topological polar surface area (TPSA) is 19.7 Å². The van der Waals surface area contributed by atoms with Gasteiger partial charge in [0.05, 0.1) is 12.0 Å². The van der Waals surface area contributed by atoms with Gasteiger partial charge in [-0.2, -0.15) is 0 Å². The fourth-order valence-corrected chi connectivity index (χ4v) is 6.86. The van der Waals surface area contributed by atoms with E-state index in [1.54, 1.807) is 0 Å². The van der Waals surface area contributed by atoms with Crippen LogP contribution in [0, 0.1) is 0 Å². The van der Waals surface area contributed by atoms with Gasteiger partial charge < -0.3 is 0 Å². The highest BCUT2D eigenvalue weighted by atomic mass is 15.1. The first kappa shape index (κ1) is 38.2. The molecule has 1 rings (SSSR count). The van der Waals surface area contributed by atoms with Crippen LogP contribution in [-0.4, -0.2) is 4.98 Å². The van der Waals surface area contributed by atoms with E-state index in [4.69, 9.17) is 0 Å². The van der Waals surface area contributed by atoms with E-state index in [1.165, 1.54) is 198 Å². The summed E-state index contributed by atoms with van der Waals surface area (Å²) in [5.41, 5.74) is 0. The van der Waals surface area contributed by atoms with Crippen molar-refractivity contribution in [2.75, 3.05) is 0 Å². The summed E-state index contributed by atoms with van der Waals surface area (Å²) in [6.07, 6.45) is 47.4. The Bertz CT molecular complexity index is 635. The lowest BCUT2D eigenvalue weighted by Gasteiger charge is -2.17. The normalized spacial score (nSPS) is 13.2. The summed E-state index contributed by atoms with van der Waals surface area (Å²) in [5, 5.41) is 0. The van der Waals surface area contributed by atoms with Crippen molar-refractivity contribution in [3.8, 4) is 0 Å². The highest BCUT2D eigenvalue weighted by molar-refractivity contribution is 4.90. The monoisotopic (exact) mass is 574 g/mol. The van der Waals surface area contributed by atoms with Crippen LogP contribution >= 0.6 is 0 Å². The minimum Gasteiger partial charge on any atom is -0.247 e. The molecular formula is C39H77N2+. The minimum absolute atomic E-state index is 0.613. The van der Waals surface area contributed by atoms with E-state index >= 15 is 0 Å². The smallest absolute Gasteiger partial charge is 0.247 e. The Hall–Kier alpha value is -0.790. The van der Waals surface area contributed by atoms with Gasteiger partial charge in [0, 0.05) is 0 Å². The maximum Gasteiger partial charge on any atom is 0.257 e. The summed E-state index contributed by atoms with van der Waals surface area (Å²) in [7, 11) is 0. The average Bonchev–Trinajstić information content (AvgIpc) is 3.47. The molecule has 0 amide bonds. The lowest BCUT2D eigenvalue weighted by molar-refractivity contribution is -0.727. The van der Waals surface area contributed by atoms with Crippen molar-refractivity contribution < 1.29 is 4.57 Å². The van der Waals surface area contributed by atoms with Gasteiger partial charge in [0.2, 0.25) is 0 Å². The standard InChI is InChI=1S/C39H76N2/c1-5-8-10-12-14-16-18-19-20-21-22-23-25-27-29-31-34-38(39-40-35-36-41(39)37(4)32-7-3)33-30-28-26-24-17-15-13-11-9-6-2/h35-38H,5-34H2,1-4H3/p+1. The molecule has 0 bridgehead atoms. The van der Waals surface area contributed by atoms with E-state index in [0.717, 1.165) is 0 Å². The molecule has 242 valence electrons. The first-order valence-corrected chi connectivity index (χ1v) is 19.3. The van der Waals surface area contributed by atoms with Crippen LogP contribution in [0.4, 0.5) is 0 Å². The molecule has 41 heavy (non-hydrogen) atoms. The third-order valence-corrected chi connectivity index (χ3v) is 9.62. The molecule has 0 saturated heterocycles. The zero-order chi connectivity index (χ0) is 29.6. The van der Waals surface area contributed by atoms with Crippen molar-refractivity contribution in [2.24, 2.45) is 0 Å². The Morgan fingerprint density at radius 1 is 0.463 bits per heavy atom. The van der Waals surface area contributed by atoms with Gasteiger partial charge in [-0.25, -0.2) is 9.55 Å². The van der Waals surface area contributed by atoms with Crippen LogP contribution in [0.3, 0.4) is 0 Å². The lowest BCUT2D eigenvalue weighted by atomic mass is 9.92. The van der Waals surface area contributed by atoms with Crippen LogP contribution in [0.15, 0.2) is 12.4 Å². The van der Waals surface area contributed by atoms with E-state index in [2.05, 4.69) is 49.6 Å². The van der Waals surface area contributed by atoms with E-state index in [-0.39, 0.29) is 0 Å². The SMILES string of the molecule is CCCCCCCCCCCCCCCCCCC(CCCCCCCCCCCC)c1[nH]cc[n+]1C(C)CCC. The number of hydrogen-bond donors (Lipinski definition) is 1. The number of nitrogens with zero attached hydrogens (tertiary/aromatic N) is 1. The molecule has 0 fully saturated rings. The summed E-state index contributed by atoms with van der Waals surface area (Å²) < 4.78 is 2.58. The minimum atomic E-state index is 0.613. The molecule has 2 heteroatoms. The molecule has 2 unspecified atom stereocenters. The Balaban J connectivity index is 2.21. The molecular weight excluding hydrogens is 496 g/mol. The van der Waals surface area contributed by atoms with E-state index in [1.807, 2.05) is 0 Å². The third kappa shape index (κ3) is 21.5.